The third-order valence-electron chi connectivity index (χ3n) is 4.21. The number of nitro benzene ring substituents is 1. The molecule has 0 saturated heterocycles. The summed E-state index contributed by atoms with van der Waals surface area (Å²) in [6.07, 6.45) is 0.195. The SMILES string of the molecule is O=C(NC1CC2(C1)CC(F)(F)C2)Oc1ccc([N+](=O)[O-])cc1. The number of amides is 1. The average molecular weight is 312 g/mol. The molecule has 1 N–H and O–H groups in total. The van der Waals surface area contributed by atoms with Crippen LogP contribution >= 0.6 is 0 Å². The van der Waals surface area contributed by atoms with E-state index < -0.39 is 16.9 Å². The van der Waals surface area contributed by atoms with Crippen molar-refractivity contribution >= 4 is 11.8 Å². The molecule has 0 aromatic heterocycles. The maximum absolute atomic E-state index is 12.9. The molecule has 0 aliphatic heterocycles. The zero-order valence-electron chi connectivity index (χ0n) is 11.6. The van der Waals surface area contributed by atoms with Crippen molar-refractivity contribution in [3.63, 3.8) is 0 Å². The number of nitrogens with one attached hydrogen (secondary N) is 1. The summed E-state index contributed by atoms with van der Waals surface area (Å²) in [7, 11) is 0. The Morgan fingerprint density at radius 3 is 2.36 bits per heavy atom. The molecule has 1 amide bonds. The summed E-state index contributed by atoms with van der Waals surface area (Å²) in [6.45, 7) is 0. The standard InChI is InChI=1S/C14H14F2N2O4/c15-14(16)7-13(8-14)5-9(6-13)17-12(19)22-11-3-1-10(2-4-11)18(20)21/h1-4,9H,5-8H2,(H,17,19). The number of alkyl halides is 2. The lowest BCUT2D eigenvalue weighted by Gasteiger charge is -2.57. The molecule has 1 aromatic rings. The topological polar surface area (TPSA) is 81.5 Å². The lowest BCUT2D eigenvalue weighted by molar-refractivity contribution is -0.384. The molecule has 118 valence electrons. The molecular weight excluding hydrogens is 298 g/mol. The first-order valence-electron chi connectivity index (χ1n) is 6.88. The number of carbonyl (C=O) groups excluding carboxylic acids is 1. The van der Waals surface area contributed by atoms with E-state index in [-0.39, 0.29) is 35.7 Å². The van der Waals surface area contributed by atoms with Crippen LogP contribution in [0.4, 0.5) is 19.3 Å². The monoisotopic (exact) mass is 312 g/mol. The first kappa shape index (κ1) is 14.7. The number of hydrogen-bond donors (Lipinski definition) is 1. The van der Waals surface area contributed by atoms with Crippen molar-refractivity contribution in [2.45, 2.75) is 37.6 Å². The van der Waals surface area contributed by atoms with Crippen LogP contribution in [0, 0.1) is 15.5 Å². The lowest BCUT2D eigenvalue weighted by atomic mass is 9.52. The van der Waals surface area contributed by atoms with Crippen LogP contribution in [0.15, 0.2) is 24.3 Å². The minimum Gasteiger partial charge on any atom is -0.410 e. The summed E-state index contributed by atoms with van der Waals surface area (Å²) < 4.78 is 30.7. The Morgan fingerprint density at radius 1 is 1.27 bits per heavy atom. The number of carbonyl (C=O) groups is 1. The fourth-order valence-electron chi connectivity index (χ4n) is 3.36. The zero-order chi connectivity index (χ0) is 16.0. The van der Waals surface area contributed by atoms with Gasteiger partial charge in [-0.05, 0) is 30.4 Å². The number of benzene rings is 1. The van der Waals surface area contributed by atoms with Crippen molar-refractivity contribution in [3.05, 3.63) is 34.4 Å². The highest BCUT2D eigenvalue weighted by molar-refractivity contribution is 5.71. The lowest BCUT2D eigenvalue weighted by Crippen LogP contribution is -2.60. The minimum atomic E-state index is -2.55. The number of hydrogen-bond acceptors (Lipinski definition) is 4. The third kappa shape index (κ3) is 2.86. The van der Waals surface area contributed by atoms with Crippen molar-refractivity contribution in [2.75, 3.05) is 0 Å². The summed E-state index contributed by atoms with van der Waals surface area (Å²) in [5.41, 5.74) is -0.408. The molecule has 0 heterocycles. The highest BCUT2D eigenvalue weighted by atomic mass is 19.3. The first-order valence-corrected chi connectivity index (χ1v) is 6.88. The van der Waals surface area contributed by atoms with E-state index in [1.807, 2.05) is 0 Å². The molecule has 2 aliphatic carbocycles. The molecule has 1 spiro atoms. The molecule has 3 rings (SSSR count). The van der Waals surface area contributed by atoms with Gasteiger partial charge in [0, 0.05) is 31.0 Å². The van der Waals surface area contributed by atoms with Gasteiger partial charge in [-0.15, -0.1) is 0 Å². The Bertz CT molecular complexity index is 602. The Hall–Kier alpha value is -2.25. The molecular formula is C14H14F2N2O4. The van der Waals surface area contributed by atoms with Crippen molar-refractivity contribution in [2.24, 2.45) is 5.41 Å². The molecule has 0 unspecified atom stereocenters. The van der Waals surface area contributed by atoms with E-state index >= 15 is 0 Å². The predicted octanol–water partition coefficient (Wildman–Crippen LogP) is 3.26. The van der Waals surface area contributed by atoms with E-state index in [1.165, 1.54) is 24.3 Å². The van der Waals surface area contributed by atoms with Gasteiger partial charge in [0.1, 0.15) is 5.75 Å². The summed E-state index contributed by atoms with van der Waals surface area (Å²) in [4.78, 5) is 21.6. The van der Waals surface area contributed by atoms with E-state index in [9.17, 15) is 23.7 Å². The first-order chi connectivity index (χ1) is 10.3. The fourth-order valence-corrected chi connectivity index (χ4v) is 3.36. The van der Waals surface area contributed by atoms with Gasteiger partial charge in [-0.2, -0.15) is 0 Å². The Morgan fingerprint density at radius 2 is 1.86 bits per heavy atom. The van der Waals surface area contributed by atoms with Crippen LogP contribution in [-0.2, 0) is 0 Å². The second-order valence-corrected chi connectivity index (χ2v) is 6.10. The van der Waals surface area contributed by atoms with Gasteiger partial charge in [-0.25, -0.2) is 13.6 Å². The molecule has 2 saturated carbocycles. The molecule has 2 fully saturated rings. The number of rotatable bonds is 3. The van der Waals surface area contributed by atoms with Crippen molar-refractivity contribution in [1.29, 1.82) is 0 Å². The van der Waals surface area contributed by atoms with Gasteiger partial charge in [-0.3, -0.25) is 10.1 Å². The normalized spacial score (nSPS) is 21.5. The van der Waals surface area contributed by atoms with E-state index in [1.54, 1.807) is 0 Å². The summed E-state index contributed by atoms with van der Waals surface area (Å²) in [5.74, 6) is -2.36. The molecule has 2 aliphatic rings. The van der Waals surface area contributed by atoms with Crippen LogP contribution in [0.25, 0.3) is 0 Å². The highest BCUT2D eigenvalue weighted by Gasteiger charge is 2.62. The maximum Gasteiger partial charge on any atom is 0.412 e. The van der Waals surface area contributed by atoms with Gasteiger partial charge in [0.05, 0.1) is 4.92 Å². The Balaban J connectivity index is 1.45. The van der Waals surface area contributed by atoms with Crippen LogP contribution in [0.1, 0.15) is 25.7 Å². The number of non-ortho nitro benzene ring substituents is 1. The number of nitro groups is 1. The second kappa shape index (κ2) is 4.89. The average Bonchev–Trinajstić information content (AvgIpc) is 2.35. The van der Waals surface area contributed by atoms with E-state index in [2.05, 4.69) is 5.32 Å². The van der Waals surface area contributed by atoms with Gasteiger partial charge in [0.15, 0.2) is 0 Å². The van der Waals surface area contributed by atoms with Crippen molar-refractivity contribution < 1.29 is 23.2 Å². The predicted molar refractivity (Wildman–Crippen MR) is 71.9 cm³/mol. The van der Waals surface area contributed by atoms with E-state index in [4.69, 9.17) is 4.74 Å². The Labute approximate surface area is 124 Å². The van der Waals surface area contributed by atoms with Crippen LogP contribution in [-0.4, -0.2) is 23.0 Å². The second-order valence-electron chi connectivity index (χ2n) is 6.10. The molecule has 0 atom stereocenters. The van der Waals surface area contributed by atoms with E-state index in [0.29, 0.717) is 12.8 Å². The van der Waals surface area contributed by atoms with Crippen molar-refractivity contribution in [1.82, 2.24) is 5.32 Å². The minimum absolute atomic E-state index is 0.0976. The summed E-state index contributed by atoms with van der Waals surface area (Å²) in [5, 5.41) is 13.1. The molecule has 0 bridgehead atoms. The molecule has 22 heavy (non-hydrogen) atoms. The number of nitrogens with zero attached hydrogens (tertiary/aromatic N) is 1. The van der Waals surface area contributed by atoms with Crippen LogP contribution in [0.5, 0.6) is 5.75 Å². The number of ether oxygens (including phenoxy) is 1. The molecule has 1 aromatic carbocycles. The largest absolute Gasteiger partial charge is 0.412 e. The summed E-state index contributed by atoms with van der Waals surface area (Å²) in [6, 6.07) is 4.97. The third-order valence-corrected chi connectivity index (χ3v) is 4.21. The van der Waals surface area contributed by atoms with Gasteiger partial charge in [-0.1, -0.05) is 0 Å². The molecule has 0 radical (unpaired) electrons. The van der Waals surface area contributed by atoms with Crippen LogP contribution in [0.2, 0.25) is 0 Å². The smallest absolute Gasteiger partial charge is 0.410 e. The van der Waals surface area contributed by atoms with E-state index in [0.717, 1.165) is 0 Å². The highest BCUT2D eigenvalue weighted by Crippen LogP contribution is 2.62. The maximum atomic E-state index is 12.9. The van der Waals surface area contributed by atoms with Crippen LogP contribution < -0.4 is 10.1 Å². The van der Waals surface area contributed by atoms with Gasteiger partial charge in [0.2, 0.25) is 5.92 Å². The van der Waals surface area contributed by atoms with Gasteiger partial charge in [0.25, 0.3) is 5.69 Å². The fraction of sp³-hybridized carbons (Fsp3) is 0.500. The van der Waals surface area contributed by atoms with Gasteiger partial charge < -0.3 is 10.1 Å². The van der Waals surface area contributed by atoms with Crippen LogP contribution in [0.3, 0.4) is 0 Å². The van der Waals surface area contributed by atoms with Gasteiger partial charge >= 0.3 is 6.09 Å². The molecule has 8 heteroatoms. The quantitative estimate of drug-likeness (QED) is 0.686. The Kier molecular flexibility index (Phi) is 3.26. The number of halogens is 2. The molecule has 6 nitrogen and oxygen atoms in total. The zero-order valence-corrected chi connectivity index (χ0v) is 11.6. The summed E-state index contributed by atoms with van der Waals surface area (Å²) >= 11 is 0. The van der Waals surface area contributed by atoms with Crippen molar-refractivity contribution in [3.8, 4) is 5.75 Å².